The molecule has 152 valence electrons. The molecule has 0 spiro atoms. The number of carbonyl (C=O) groups is 1. The summed E-state index contributed by atoms with van der Waals surface area (Å²) in [6, 6.07) is 16.5. The Bertz CT molecular complexity index is 943. The number of rotatable bonds is 7. The van der Waals surface area contributed by atoms with Crippen molar-refractivity contribution in [2.45, 2.75) is 6.42 Å². The van der Waals surface area contributed by atoms with E-state index in [1.165, 1.54) is 21.5 Å². The van der Waals surface area contributed by atoms with Gasteiger partial charge in [0, 0.05) is 29.3 Å². The molecule has 4 rings (SSSR count). The summed E-state index contributed by atoms with van der Waals surface area (Å²) in [5.74, 6) is 1.01. The Hall–Kier alpha value is -2.99. The number of anilines is 1. The van der Waals surface area contributed by atoms with Crippen molar-refractivity contribution in [1.29, 1.82) is 0 Å². The molecule has 2 aromatic carbocycles. The number of ether oxygens (including phenoxy) is 1. The lowest BCUT2D eigenvalue weighted by molar-refractivity contribution is -0.892. The molecule has 0 unspecified atom stereocenters. The van der Waals surface area contributed by atoms with Gasteiger partial charge in [-0.3, -0.25) is 4.79 Å². The molecule has 1 aliphatic heterocycles. The Kier molecular flexibility index (Phi) is 6.00. The second-order valence-corrected chi connectivity index (χ2v) is 7.57. The second-order valence-electron chi connectivity index (χ2n) is 7.57. The number of aromatic amines is 1. The molecule has 1 amide bonds. The summed E-state index contributed by atoms with van der Waals surface area (Å²) in [5.41, 5.74) is 3.61. The van der Waals surface area contributed by atoms with Gasteiger partial charge in [0.1, 0.15) is 5.75 Å². The monoisotopic (exact) mass is 393 g/mol. The van der Waals surface area contributed by atoms with Gasteiger partial charge in [-0.25, -0.2) is 0 Å². The first-order valence-electron chi connectivity index (χ1n) is 10.3. The summed E-state index contributed by atoms with van der Waals surface area (Å²) in [6.07, 6.45) is 2.89. The SMILES string of the molecule is COc1ccc(N2CC[NH+](CC(=O)NCCc3c[nH]c4ccccc34)CC2)cc1. The van der Waals surface area contributed by atoms with Gasteiger partial charge in [-0.05, 0) is 42.3 Å². The van der Waals surface area contributed by atoms with Crippen LogP contribution in [-0.4, -0.2) is 57.3 Å². The first kappa shape index (κ1) is 19.3. The average Bonchev–Trinajstić information content (AvgIpc) is 3.18. The summed E-state index contributed by atoms with van der Waals surface area (Å²) in [6.45, 7) is 5.09. The van der Waals surface area contributed by atoms with Crippen molar-refractivity contribution < 1.29 is 14.4 Å². The number of piperazine rings is 1. The van der Waals surface area contributed by atoms with Crippen LogP contribution in [0.15, 0.2) is 54.7 Å². The van der Waals surface area contributed by atoms with Crippen LogP contribution in [0.5, 0.6) is 5.75 Å². The van der Waals surface area contributed by atoms with Crippen LogP contribution in [0.2, 0.25) is 0 Å². The number of carbonyl (C=O) groups excluding carboxylic acids is 1. The van der Waals surface area contributed by atoms with Gasteiger partial charge in [0.2, 0.25) is 0 Å². The highest BCUT2D eigenvalue weighted by Crippen LogP contribution is 2.19. The Morgan fingerprint density at radius 3 is 2.66 bits per heavy atom. The number of nitrogens with zero attached hydrogens (tertiary/aromatic N) is 1. The number of aromatic nitrogens is 1. The topological polar surface area (TPSA) is 61.8 Å². The highest BCUT2D eigenvalue weighted by molar-refractivity contribution is 5.83. The molecule has 6 heteroatoms. The number of hydrogen-bond acceptors (Lipinski definition) is 3. The maximum atomic E-state index is 12.4. The predicted molar refractivity (Wildman–Crippen MR) is 116 cm³/mol. The van der Waals surface area contributed by atoms with E-state index < -0.39 is 0 Å². The van der Waals surface area contributed by atoms with Crippen LogP contribution in [0.3, 0.4) is 0 Å². The smallest absolute Gasteiger partial charge is 0.275 e. The first-order valence-corrected chi connectivity index (χ1v) is 10.3. The molecule has 0 atom stereocenters. The molecule has 0 radical (unpaired) electrons. The third kappa shape index (κ3) is 4.71. The number of benzene rings is 2. The number of nitrogens with one attached hydrogen (secondary N) is 3. The Morgan fingerprint density at radius 1 is 1.14 bits per heavy atom. The summed E-state index contributed by atoms with van der Waals surface area (Å²) in [4.78, 5) is 19.4. The van der Waals surface area contributed by atoms with E-state index in [0.717, 1.165) is 43.9 Å². The van der Waals surface area contributed by atoms with Gasteiger partial charge in [0.15, 0.2) is 6.54 Å². The van der Waals surface area contributed by atoms with E-state index in [0.29, 0.717) is 13.1 Å². The van der Waals surface area contributed by atoms with Gasteiger partial charge < -0.3 is 24.8 Å². The van der Waals surface area contributed by atoms with Crippen LogP contribution in [0.4, 0.5) is 5.69 Å². The molecule has 0 aliphatic carbocycles. The Morgan fingerprint density at radius 2 is 1.90 bits per heavy atom. The summed E-state index contributed by atoms with van der Waals surface area (Å²) in [5, 5.41) is 4.33. The molecule has 3 aromatic rings. The summed E-state index contributed by atoms with van der Waals surface area (Å²) >= 11 is 0. The molecule has 1 aromatic heterocycles. The highest BCUT2D eigenvalue weighted by Gasteiger charge is 2.22. The van der Waals surface area contributed by atoms with Crippen molar-refractivity contribution in [3.05, 3.63) is 60.3 Å². The maximum Gasteiger partial charge on any atom is 0.275 e. The number of H-pyrrole nitrogens is 1. The number of methoxy groups -OCH3 is 1. The van der Waals surface area contributed by atoms with Gasteiger partial charge in [0.05, 0.1) is 33.3 Å². The van der Waals surface area contributed by atoms with Gasteiger partial charge in [-0.15, -0.1) is 0 Å². The zero-order valence-electron chi connectivity index (χ0n) is 16.9. The predicted octanol–water partition coefficient (Wildman–Crippen LogP) is 1.24. The van der Waals surface area contributed by atoms with Crippen LogP contribution in [-0.2, 0) is 11.2 Å². The summed E-state index contributed by atoms with van der Waals surface area (Å²) < 4.78 is 5.23. The molecule has 6 nitrogen and oxygen atoms in total. The maximum absolute atomic E-state index is 12.4. The first-order chi connectivity index (χ1) is 14.2. The van der Waals surface area contributed by atoms with E-state index >= 15 is 0 Å². The molecule has 1 saturated heterocycles. The minimum Gasteiger partial charge on any atom is -0.497 e. The number of para-hydroxylation sites is 1. The Balaban J connectivity index is 1.19. The zero-order chi connectivity index (χ0) is 20.1. The van der Waals surface area contributed by atoms with Crippen molar-refractivity contribution in [3.8, 4) is 5.75 Å². The third-order valence-electron chi connectivity index (χ3n) is 5.71. The molecule has 1 fully saturated rings. The number of hydrogen-bond donors (Lipinski definition) is 3. The fourth-order valence-electron chi connectivity index (χ4n) is 4.02. The molecular weight excluding hydrogens is 364 g/mol. The normalized spacial score (nSPS) is 14.9. The molecule has 0 saturated carbocycles. The van der Waals surface area contributed by atoms with Crippen molar-refractivity contribution in [1.82, 2.24) is 10.3 Å². The largest absolute Gasteiger partial charge is 0.497 e. The van der Waals surface area contributed by atoms with Crippen molar-refractivity contribution in [2.75, 3.05) is 51.3 Å². The molecule has 29 heavy (non-hydrogen) atoms. The van der Waals surface area contributed by atoms with E-state index in [2.05, 4.69) is 39.5 Å². The summed E-state index contributed by atoms with van der Waals surface area (Å²) in [7, 11) is 1.68. The van der Waals surface area contributed by atoms with Gasteiger partial charge >= 0.3 is 0 Å². The third-order valence-corrected chi connectivity index (χ3v) is 5.71. The standard InChI is InChI=1S/C23H28N4O2/c1-29-20-8-6-19(7-9-20)27-14-12-26(13-15-27)17-23(28)24-11-10-18-16-25-22-5-3-2-4-21(18)22/h2-9,16,25H,10-15,17H2,1H3,(H,24,28)/p+1. The van der Waals surface area contributed by atoms with Gasteiger partial charge in [0.25, 0.3) is 5.91 Å². The molecule has 2 heterocycles. The van der Waals surface area contributed by atoms with Gasteiger partial charge in [-0.2, -0.15) is 0 Å². The molecule has 1 aliphatic rings. The second kappa shape index (κ2) is 9.01. The van der Waals surface area contributed by atoms with Crippen molar-refractivity contribution in [3.63, 3.8) is 0 Å². The molecular formula is C23H29N4O2+. The lowest BCUT2D eigenvalue weighted by atomic mass is 10.1. The fraction of sp³-hybridized carbons (Fsp3) is 0.348. The van der Waals surface area contributed by atoms with Crippen LogP contribution in [0.25, 0.3) is 10.9 Å². The van der Waals surface area contributed by atoms with Crippen LogP contribution >= 0.6 is 0 Å². The number of amides is 1. The number of quaternary nitrogens is 1. The minimum absolute atomic E-state index is 0.137. The van der Waals surface area contributed by atoms with E-state index in [1.54, 1.807) is 7.11 Å². The molecule has 3 N–H and O–H groups in total. The van der Waals surface area contributed by atoms with Gasteiger partial charge in [-0.1, -0.05) is 18.2 Å². The quantitative estimate of drug-likeness (QED) is 0.566. The fourth-order valence-corrected chi connectivity index (χ4v) is 4.02. The van der Waals surface area contributed by atoms with E-state index in [9.17, 15) is 4.79 Å². The lowest BCUT2D eigenvalue weighted by Crippen LogP contribution is -3.16. The van der Waals surface area contributed by atoms with E-state index in [-0.39, 0.29) is 5.91 Å². The molecule has 0 bridgehead atoms. The van der Waals surface area contributed by atoms with Crippen molar-refractivity contribution in [2.24, 2.45) is 0 Å². The van der Waals surface area contributed by atoms with E-state index in [4.69, 9.17) is 4.74 Å². The average molecular weight is 394 g/mol. The van der Waals surface area contributed by atoms with Crippen LogP contribution < -0.4 is 19.9 Å². The lowest BCUT2D eigenvalue weighted by Gasteiger charge is -2.33. The van der Waals surface area contributed by atoms with Crippen molar-refractivity contribution >= 4 is 22.5 Å². The van der Waals surface area contributed by atoms with E-state index in [1.807, 2.05) is 30.5 Å². The zero-order valence-corrected chi connectivity index (χ0v) is 16.9. The number of fused-ring (bicyclic) bond motifs is 1. The highest BCUT2D eigenvalue weighted by atomic mass is 16.5. The Labute approximate surface area is 171 Å². The minimum atomic E-state index is 0.137. The van der Waals surface area contributed by atoms with Crippen LogP contribution in [0, 0.1) is 0 Å². The van der Waals surface area contributed by atoms with Crippen LogP contribution in [0.1, 0.15) is 5.56 Å².